The van der Waals surface area contributed by atoms with E-state index in [1.54, 1.807) is 0 Å². The molecule has 0 bridgehead atoms. The second-order valence-electron chi connectivity index (χ2n) is 4.58. The summed E-state index contributed by atoms with van der Waals surface area (Å²) < 4.78 is 5.74. The zero-order valence-corrected chi connectivity index (χ0v) is 10.3. The Morgan fingerprint density at radius 1 is 1.00 bits per heavy atom. The monoisotopic (exact) mass is 239 g/mol. The zero-order valence-electron chi connectivity index (χ0n) is 10.3. The summed E-state index contributed by atoms with van der Waals surface area (Å²) >= 11 is 0. The van der Waals surface area contributed by atoms with Gasteiger partial charge in [0.2, 0.25) is 0 Å². The lowest BCUT2D eigenvalue weighted by molar-refractivity contribution is 0.290. The highest BCUT2D eigenvalue weighted by atomic mass is 16.5. The Morgan fingerprint density at radius 2 is 1.78 bits per heavy atom. The molecule has 0 saturated heterocycles. The average molecular weight is 239 g/mol. The lowest BCUT2D eigenvalue weighted by Gasteiger charge is -2.12. The van der Waals surface area contributed by atoms with Crippen LogP contribution in [0.25, 0.3) is 0 Å². The van der Waals surface area contributed by atoms with E-state index in [0.717, 1.165) is 25.3 Å². The molecule has 3 rings (SSSR count). The Hall–Kier alpha value is -1.80. The smallest absolute Gasteiger partial charge is 0.119 e. The maximum atomic E-state index is 5.74. The maximum absolute atomic E-state index is 5.74. The minimum atomic E-state index is 0.435. The molecule has 92 valence electrons. The second-order valence-corrected chi connectivity index (χ2v) is 4.58. The number of fused-ring (bicyclic) bond motifs is 1. The molecule has 1 atom stereocenters. The van der Waals surface area contributed by atoms with Gasteiger partial charge in [0.25, 0.3) is 0 Å². The number of hydrogen-bond donors (Lipinski definition) is 1. The predicted molar refractivity (Wildman–Crippen MR) is 72.6 cm³/mol. The molecule has 2 aromatic rings. The topological polar surface area (TPSA) is 21.3 Å². The fraction of sp³-hybridized carbons (Fsp3) is 0.250. The van der Waals surface area contributed by atoms with E-state index in [1.807, 2.05) is 30.3 Å². The van der Waals surface area contributed by atoms with Crippen LogP contribution in [0.2, 0.25) is 0 Å². The lowest BCUT2D eigenvalue weighted by atomic mass is 10.0. The first-order valence-corrected chi connectivity index (χ1v) is 6.42. The van der Waals surface area contributed by atoms with E-state index in [-0.39, 0.29) is 0 Å². The Labute approximate surface area is 108 Å². The van der Waals surface area contributed by atoms with Crippen molar-refractivity contribution in [1.82, 2.24) is 5.32 Å². The van der Waals surface area contributed by atoms with Crippen LogP contribution in [0.15, 0.2) is 54.6 Å². The highest BCUT2D eigenvalue weighted by Gasteiger charge is 2.20. The van der Waals surface area contributed by atoms with Crippen molar-refractivity contribution in [2.24, 2.45) is 0 Å². The van der Waals surface area contributed by atoms with Gasteiger partial charge in [0.15, 0.2) is 0 Å². The molecule has 2 heteroatoms. The molecule has 1 aliphatic heterocycles. The summed E-state index contributed by atoms with van der Waals surface area (Å²) in [6.07, 6.45) is 1.01. The van der Waals surface area contributed by atoms with Crippen molar-refractivity contribution in [1.29, 1.82) is 0 Å². The SMILES string of the molecule is c1ccc(OCCC2NCc3ccccc32)cc1. The van der Waals surface area contributed by atoms with Gasteiger partial charge >= 0.3 is 0 Å². The molecule has 1 unspecified atom stereocenters. The van der Waals surface area contributed by atoms with Gasteiger partial charge in [0.1, 0.15) is 5.75 Å². The highest BCUT2D eigenvalue weighted by Crippen LogP contribution is 2.27. The van der Waals surface area contributed by atoms with E-state index in [0.29, 0.717) is 6.04 Å². The largest absolute Gasteiger partial charge is 0.494 e. The van der Waals surface area contributed by atoms with Crippen molar-refractivity contribution in [3.8, 4) is 5.75 Å². The average Bonchev–Trinajstić information content (AvgIpc) is 2.84. The van der Waals surface area contributed by atoms with Crippen LogP contribution in [-0.2, 0) is 6.54 Å². The van der Waals surface area contributed by atoms with Crippen LogP contribution >= 0.6 is 0 Å². The van der Waals surface area contributed by atoms with Gasteiger partial charge in [-0.2, -0.15) is 0 Å². The summed E-state index contributed by atoms with van der Waals surface area (Å²) in [6, 6.07) is 19.0. The molecule has 2 nitrogen and oxygen atoms in total. The molecule has 0 fully saturated rings. The predicted octanol–water partition coefficient (Wildman–Crippen LogP) is 3.30. The Balaban J connectivity index is 1.56. The Kier molecular flexibility index (Phi) is 3.29. The third-order valence-corrected chi connectivity index (χ3v) is 3.39. The number of hydrogen-bond acceptors (Lipinski definition) is 2. The van der Waals surface area contributed by atoms with Crippen molar-refractivity contribution in [3.63, 3.8) is 0 Å². The van der Waals surface area contributed by atoms with Crippen molar-refractivity contribution >= 4 is 0 Å². The molecule has 2 aromatic carbocycles. The van der Waals surface area contributed by atoms with Gasteiger partial charge in [0, 0.05) is 19.0 Å². The Morgan fingerprint density at radius 3 is 2.67 bits per heavy atom. The first-order valence-electron chi connectivity index (χ1n) is 6.42. The maximum Gasteiger partial charge on any atom is 0.119 e. The fourth-order valence-electron chi connectivity index (χ4n) is 2.45. The van der Waals surface area contributed by atoms with Gasteiger partial charge < -0.3 is 10.1 Å². The Bertz CT molecular complexity index is 510. The van der Waals surface area contributed by atoms with Gasteiger partial charge in [-0.3, -0.25) is 0 Å². The van der Waals surface area contributed by atoms with Crippen molar-refractivity contribution in [2.75, 3.05) is 6.61 Å². The van der Waals surface area contributed by atoms with E-state index < -0.39 is 0 Å². The van der Waals surface area contributed by atoms with E-state index in [9.17, 15) is 0 Å². The van der Waals surface area contributed by atoms with E-state index in [1.165, 1.54) is 11.1 Å². The zero-order chi connectivity index (χ0) is 12.2. The molecular weight excluding hydrogens is 222 g/mol. The van der Waals surface area contributed by atoms with Crippen molar-refractivity contribution in [3.05, 3.63) is 65.7 Å². The molecule has 1 N–H and O–H groups in total. The standard InChI is InChI=1S/C16H17NO/c1-2-7-14(8-3-1)18-11-10-16-15-9-5-4-6-13(15)12-17-16/h1-9,16-17H,10-12H2. The van der Waals surface area contributed by atoms with Gasteiger partial charge in [-0.05, 0) is 23.3 Å². The van der Waals surface area contributed by atoms with E-state index >= 15 is 0 Å². The molecule has 18 heavy (non-hydrogen) atoms. The summed E-state index contributed by atoms with van der Waals surface area (Å²) in [4.78, 5) is 0. The van der Waals surface area contributed by atoms with Crippen LogP contribution in [-0.4, -0.2) is 6.61 Å². The summed E-state index contributed by atoms with van der Waals surface area (Å²) in [7, 11) is 0. The second kappa shape index (κ2) is 5.23. The fourth-order valence-corrected chi connectivity index (χ4v) is 2.45. The number of benzene rings is 2. The van der Waals surface area contributed by atoms with Crippen molar-refractivity contribution in [2.45, 2.75) is 19.0 Å². The normalized spacial score (nSPS) is 17.4. The van der Waals surface area contributed by atoms with Crippen LogP contribution < -0.4 is 10.1 Å². The van der Waals surface area contributed by atoms with E-state index in [4.69, 9.17) is 4.74 Å². The van der Waals surface area contributed by atoms with Gasteiger partial charge in [-0.25, -0.2) is 0 Å². The van der Waals surface area contributed by atoms with Crippen LogP contribution in [0, 0.1) is 0 Å². The van der Waals surface area contributed by atoms with E-state index in [2.05, 4.69) is 29.6 Å². The van der Waals surface area contributed by atoms with Crippen molar-refractivity contribution < 1.29 is 4.74 Å². The quantitative estimate of drug-likeness (QED) is 0.884. The van der Waals surface area contributed by atoms with Crippen LogP contribution in [0.4, 0.5) is 0 Å². The number of rotatable bonds is 4. The number of para-hydroxylation sites is 1. The van der Waals surface area contributed by atoms with Crippen LogP contribution in [0.5, 0.6) is 5.75 Å². The van der Waals surface area contributed by atoms with Crippen LogP contribution in [0.3, 0.4) is 0 Å². The molecular formula is C16H17NO. The molecule has 0 amide bonds. The third-order valence-electron chi connectivity index (χ3n) is 3.39. The minimum Gasteiger partial charge on any atom is -0.494 e. The molecule has 0 aromatic heterocycles. The molecule has 0 radical (unpaired) electrons. The molecule has 1 aliphatic rings. The van der Waals surface area contributed by atoms with Gasteiger partial charge in [0.05, 0.1) is 6.61 Å². The third kappa shape index (κ3) is 2.39. The number of ether oxygens (including phenoxy) is 1. The summed E-state index contributed by atoms with van der Waals surface area (Å²) in [5.74, 6) is 0.948. The highest BCUT2D eigenvalue weighted by molar-refractivity contribution is 5.33. The molecule has 0 saturated carbocycles. The summed E-state index contributed by atoms with van der Waals surface area (Å²) in [5.41, 5.74) is 2.84. The molecule has 1 heterocycles. The number of nitrogens with one attached hydrogen (secondary N) is 1. The minimum absolute atomic E-state index is 0.435. The lowest BCUT2D eigenvalue weighted by Crippen LogP contribution is -2.15. The summed E-state index contributed by atoms with van der Waals surface area (Å²) in [5, 5.41) is 3.53. The first-order chi connectivity index (χ1) is 8.93. The summed E-state index contributed by atoms with van der Waals surface area (Å²) in [6.45, 7) is 1.72. The first kappa shape index (κ1) is 11.3. The molecule has 0 aliphatic carbocycles. The van der Waals surface area contributed by atoms with Gasteiger partial charge in [-0.1, -0.05) is 42.5 Å². The van der Waals surface area contributed by atoms with Crippen LogP contribution in [0.1, 0.15) is 23.6 Å². The molecule has 0 spiro atoms. The van der Waals surface area contributed by atoms with Gasteiger partial charge in [-0.15, -0.1) is 0 Å².